The van der Waals surface area contributed by atoms with Gasteiger partial charge < -0.3 is 10.2 Å². The van der Waals surface area contributed by atoms with E-state index in [0.717, 1.165) is 18.4 Å². The lowest BCUT2D eigenvalue weighted by molar-refractivity contribution is 0.0713. The molecule has 0 radical (unpaired) electrons. The van der Waals surface area contributed by atoms with Gasteiger partial charge in [0.15, 0.2) is 0 Å². The number of amides is 4. The van der Waals surface area contributed by atoms with Crippen LogP contribution in [0.25, 0.3) is 0 Å². The van der Waals surface area contributed by atoms with Crippen LogP contribution in [0.3, 0.4) is 0 Å². The summed E-state index contributed by atoms with van der Waals surface area (Å²) in [5.41, 5.74) is 8.56. The van der Waals surface area contributed by atoms with Gasteiger partial charge in [-0.3, -0.25) is 20.0 Å². The van der Waals surface area contributed by atoms with E-state index in [-0.39, 0.29) is 5.91 Å². The first-order valence-electron chi connectivity index (χ1n) is 11.6. The molecule has 4 rings (SSSR count). The SMILES string of the molecule is Cc1ccc(C(=O)N2CCC(c3ccc(C#N)cc3)CC2)cc1NC(=O)NNC(=O)c1ccncc1. The molecule has 3 aromatic rings. The number of aryl methyl sites for hydroxylation is 1. The van der Waals surface area contributed by atoms with Crippen LogP contribution in [-0.4, -0.2) is 40.8 Å². The Morgan fingerprint density at radius 1 is 0.944 bits per heavy atom. The largest absolute Gasteiger partial charge is 0.339 e. The number of carbonyl (C=O) groups excluding carboxylic acids is 3. The topological polar surface area (TPSA) is 127 Å². The quantitative estimate of drug-likeness (QED) is 0.488. The molecular weight excluding hydrogens is 456 g/mol. The minimum atomic E-state index is -0.631. The molecule has 2 heterocycles. The summed E-state index contributed by atoms with van der Waals surface area (Å²) in [5, 5.41) is 11.7. The highest BCUT2D eigenvalue weighted by Crippen LogP contribution is 2.29. The zero-order chi connectivity index (χ0) is 25.5. The Hall–Kier alpha value is -4.71. The summed E-state index contributed by atoms with van der Waals surface area (Å²) in [6.07, 6.45) is 4.65. The Kier molecular flexibility index (Phi) is 7.56. The monoisotopic (exact) mass is 482 g/mol. The second-order valence-corrected chi connectivity index (χ2v) is 8.60. The predicted octanol–water partition coefficient (Wildman–Crippen LogP) is 3.75. The number of nitrogens with one attached hydrogen (secondary N) is 3. The Bertz CT molecular complexity index is 1290. The molecule has 1 aliphatic rings. The van der Waals surface area contributed by atoms with Gasteiger partial charge in [-0.2, -0.15) is 5.26 Å². The highest BCUT2D eigenvalue weighted by Gasteiger charge is 2.25. The molecule has 182 valence electrons. The highest BCUT2D eigenvalue weighted by molar-refractivity contribution is 5.99. The van der Waals surface area contributed by atoms with Crippen LogP contribution < -0.4 is 16.2 Å². The number of likely N-dealkylation sites (tertiary alicyclic amines) is 1. The number of aromatic nitrogens is 1. The van der Waals surface area contributed by atoms with E-state index in [1.807, 2.05) is 36.1 Å². The van der Waals surface area contributed by atoms with Crippen LogP contribution in [0.4, 0.5) is 10.5 Å². The van der Waals surface area contributed by atoms with E-state index in [0.29, 0.717) is 41.4 Å². The number of hydrogen-bond donors (Lipinski definition) is 3. The number of urea groups is 1. The highest BCUT2D eigenvalue weighted by atomic mass is 16.2. The number of rotatable bonds is 4. The second-order valence-electron chi connectivity index (χ2n) is 8.60. The van der Waals surface area contributed by atoms with Crippen molar-refractivity contribution in [3.05, 3.63) is 94.8 Å². The molecule has 2 aromatic carbocycles. The maximum atomic E-state index is 13.1. The van der Waals surface area contributed by atoms with Crippen molar-refractivity contribution in [3.63, 3.8) is 0 Å². The Balaban J connectivity index is 1.33. The number of carbonyl (C=O) groups is 3. The van der Waals surface area contributed by atoms with Crippen molar-refractivity contribution in [2.24, 2.45) is 0 Å². The van der Waals surface area contributed by atoms with E-state index in [2.05, 4.69) is 27.2 Å². The number of hydrogen-bond acceptors (Lipinski definition) is 5. The first-order valence-corrected chi connectivity index (χ1v) is 11.6. The smallest absolute Gasteiger partial charge is 0.337 e. The minimum Gasteiger partial charge on any atom is -0.339 e. The predicted molar refractivity (Wildman–Crippen MR) is 134 cm³/mol. The van der Waals surface area contributed by atoms with Gasteiger partial charge in [0.05, 0.1) is 11.6 Å². The molecule has 0 unspecified atom stereocenters. The van der Waals surface area contributed by atoms with Crippen LogP contribution in [0.5, 0.6) is 0 Å². The van der Waals surface area contributed by atoms with Gasteiger partial charge in [0.25, 0.3) is 11.8 Å². The third kappa shape index (κ3) is 5.85. The molecule has 3 N–H and O–H groups in total. The molecule has 9 heteroatoms. The fraction of sp³-hybridized carbons (Fsp3) is 0.222. The number of nitriles is 1. The fourth-order valence-electron chi connectivity index (χ4n) is 4.16. The average molecular weight is 483 g/mol. The summed E-state index contributed by atoms with van der Waals surface area (Å²) in [4.78, 5) is 43.2. The van der Waals surface area contributed by atoms with Crippen LogP contribution in [0.15, 0.2) is 67.0 Å². The lowest BCUT2D eigenvalue weighted by Gasteiger charge is -2.32. The van der Waals surface area contributed by atoms with Crippen molar-refractivity contribution in [3.8, 4) is 6.07 Å². The van der Waals surface area contributed by atoms with Crippen molar-refractivity contribution < 1.29 is 14.4 Å². The third-order valence-electron chi connectivity index (χ3n) is 6.26. The van der Waals surface area contributed by atoms with Crippen LogP contribution in [-0.2, 0) is 0 Å². The van der Waals surface area contributed by atoms with Crippen molar-refractivity contribution in [2.45, 2.75) is 25.7 Å². The van der Waals surface area contributed by atoms with Gasteiger partial charge in [-0.25, -0.2) is 10.2 Å². The lowest BCUT2D eigenvalue weighted by atomic mass is 9.89. The average Bonchev–Trinajstić information content (AvgIpc) is 2.93. The zero-order valence-corrected chi connectivity index (χ0v) is 19.8. The summed E-state index contributed by atoms with van der Waals surface area (Å²) in [5.74, 6) is -0.219. The maximum Gasteiger partial charge on any atom is 0.337 e. The van der Waals surface area contributed by atoms with Gasteiger partial charge in [-0.05, 0) is 73.2 Å². The summed E-state index contributed by atoms with van der Waals surface area (Å²) in [6.45, 7) is 3.08. The van der Waals surface area contributed by atoms with Gasteiger partial charge in [0.1, 0.15) is 0 Å². The molecule has 1 aromatic heterocycles. The molecule has 1 saturated heterocycles. The van der Waals surface area contributed by atoms with E-state index in [4.69, 9.17) is 5.26 Å². The number of hydrazine groups is 1. The standard InChI is InChI=1S/C27H26N6O3/c1-18-2-5-23(16-24(18)30-27(36)32-31-25(34)22-8-12-29-13-9-22)26(35)33-14-10-21(11-15-33)20-6-3-19(17-28)4-7-20/h2-9,12-13,16,21H,10-11,14-15H2,1H3,(H,31,34)(H2,30,32,36). The number of piperidine rings is 1. The first kappa shape index (κ1) is 24.4. The Morgan fingerprint density at radius 2 is 1.64 bits per heavy atom. The Labute approximate surface area is 209 Å². The molecule has 0 saturated carbocycles. The summed E-state index contributed by atoms with van der Waals surface area (Å²) >= 11 is 0. The van der Waals surface area contributed by atoms with Gasteiger partial charge >= 0.3 is 6.03 Å². The van der Waals surface area contributed by atoms with E-state index < -0.39 is 11.9 Å². The van der Waals surface area contributed by atoms with Crippen molar-refractivity contribution in [1.29, 1.82) is 5.26 Å². The number of pyridine rings is 1. The third-order valence-corrected chi connectivity index (χ3v) is 6.26. The number of nitrogens with zero attached hydrogens (tertiary/aromatic N) is 3. The normalized spacial score (nSPS) is 13.4. The van der Waals surface area contributed by atoms with E-state index >= 15 is 0 Å². The summed E-state index contributed by atoms with van der Waals surface area (Å²) in [6, 6.07) is 17.4. The molecule has 4 amide bonds. The van der Waals surface area contributed by atoms with Gasteiger partial charge in [0.2, 0.25) is 0 Å². The van der Waals surface area contributed by atoms with Gasteiger partial charge in [0, 0.05) is 42.3 Å². The molecule has 0 atom stereocenters. The number of benzene rings is 2. The molecule has 1 aliphatic heterocycles. The van der Waals surface area contributed by atoms with Crippen LogP contribution >= 0.6 is 0 Å². The maximum absolute atomic E-state index is 13.1. The van der Waals surface area contributed by atoms with Gasteiger partial charge in [-0.15, -0.1) is 0 Å². The fourth-order valence-corrected chi connectivity index (χ4v) is 4.16. The summed E-state index contributed by atoms with van der Waals surface area (Å²) < 4.78 is 0. The van der Waals surface area contributed by atoms with Gasteiger partial charge in [-0.1, -0.05) is 18.2 Å². The van der Waals surface area contributed by atoms with Crippen molar-refractivity contribution in [1.82, 2.24) is 20.7 Å². The van der Waals surface area contributed by atoms with Crippen LogP contribution in [0.2, 0.25) is 0 Å². The van der Waals surface area contributed by atoms with E-state index in [9.17, 15) is 14.4 Å². The molecule has 1 fully saturated rings. The molecule has 0 aliphatic carbocycles. The van der Waals surface area contributed by atoms with Crippen LogP contribution in [0.1, 0.15) is 56.2 Å². The zero-order valence-electron chi connectivity index (χ0n) is 19.8. The van der Waals surface area contributed by atoms with Crippen LogP contribution in [0, 0.1) is 18.3 Å². The molecule has 36 heavy (non-hydrogen) atoms. The second kappa shape index (κ2) is 11.1. The van der Waals surface area contributed by atoms with E-state index in [1.54, 1.807) is 18.2 Å². The first-order chi connectivity index (χ1) is 17.4. The minimum absolute atomic E-state index is 0.0947. The summed E-state index contributed by atoms with van der Waals surface area (Å²) in [7, 11) is 0. The van der Waals surface area contributed by atoms with Crippen molar-refractivity contribution in [2.75, 3.05) is 18.4 Å². The molecular formula is C27H26N6O3. The van der Waals surface area contributed by atoms with Crippen molar-refractivity contribution >= 4 is 23.5 Å². The lowest BCUT2D eigenvalue weighted by Crippen LogP contribution is -2.44. The Morgan fingerprint density at radius 3 is 2.31 bits per heavy atom. The molecule has 0 bridgehead atoms. The molecule has 9 nitrogen and oxygen atoms in total. The molecule has 0 spiro atoms. The van der Waals surface area contributed by atoms with E-state index in [1.165, 1.54) is 30.1 Å². The number of anilines is 1.